The van der Waals surface area contributed by atoms with E-state index in [0.717, 1.165) is 24.3 Å². The van der Waals surface area contributed by atoms with Crippen LogP contribution in [0.1, 0.15) is 0 Å². The van der Waals surface area contributed by atoms with E-state index in [1.54, 1.807) is 0 Å². The molecule has 3 rings (SSSR count). The van der Waals surface area contributed by atoms with Crippen LogP contribution in [0, 0.1) is 11.6 Å². The second kappa shape index (κ2) is 5.20. The summed E-state index contributed by atoms with van der Waals surface area (Å²) in [5.41, 5.74) is -0.331. The van der Waals surface area contributed by atoms with E-state index < -0.39 is 33.1 Å². The summed E-state index contributed by atoms with van der Waals surface area (Å²) >= 11 is 0. The SMILES string of the molecule is Cn1c(=O)oc2cc(S(=O)(=O)Nc3c(F)cccc3F)ccc21. The van der Waals surface area contributed by atoms with Gasteiger partial charge in [0.1, 0.15) is 17.3 Å². The number of sulfonamides is 1. The van der Waals surface area contributed by atoms with Gasteiger partial charge in [-0.15, -0.1) is 0 Å². The minimum Gasteiger partial charge on any atom is -0.408 e. The van der Waals surface area contributed by atoms with E-state index in [2.05, 4.69) is 0 Å². The average molecular weight is 340 g/mol. The Hall–Kier alpha value is -2.68. The predicted molar refractivity (Wildman–Crippen MR) is 78.6 cm³/mol. The van der Waals surface area contributed by atoms with Gasteiger partial charge >= 0.3 is 5.76 Å². The molecule has 1 aromatic heterocycles. The van der Waals surface area contributed by atoms with Gasteiger partial charge in [-0.3, -0.25) is 9.29 Å². The lowest BCUT2D eigenvalue weighted by Crippen LogP contribution is -2.15. The average Bonchev–Trinajstić information content (AvgIpc) is 2.78. The summed E-state index contributed by atoms with van der Waals surface area (Å²) in [6.45, 7) is 0. The highest BCUT2D eigenvalue weighted by Gasteiger charge is 2.20. The summed E-state index contributed by atoms with van der Waals surface area (Å²) in [7, 11) is -2.79. The Balaban J connectivity index is 2.08. The van der Waals surface area contributed by atoms with Gasteiger partial charge in [-0.25, -0.2) is 22.0 Å². The summed E-state index contributed by atoms with van der Waals surface area (Å²) in [5.74, 6) is -2.73. The van der Waals surface area contributed by atoms with Gasteiger partial charge in [0.15, 0.2) is 5.58 Å². The highest BCUT2D eigenvalue weighted by atomic mass is 32.2. The van der Waals surface area contributed by atoms with Crippen molar-refractivity contribution in [2.45, 2.75) is 4.90 Å². The van der Waals surface area contributed by atoms with Crippen LogP contribution in [-0.2, 0) is 17.1 Å². The molecule has 1 heterocycles. The third-order valence-corrected chi connectivity index (χ3v) is 4.62. The van der Waals surface area contributed by atoms with E-state index in [1.165, 1.54) is 23.7 Å². The van der Waals surface area contributed by atoms with E-state index in [4.69, 9.17) is 4.42 Å². The zero-order valence-corrected chi connectivity index (χ0v) is 12.5. The van der Waals surface area contributed by atoms with Crippen molar-refractivity contribution in [3.05, 3.63) is 58.6 Å². The first kappa shape index (κ1) is 15.2. The third-order valence-electron chi connectivity index (χ3n) is 3.27. The third kappa shape index (κ3) is 2.59. The zero-order valence-electron chi connectivity index (χ0n) is 11.7. The van der Waals surface area contributed by atoms with Crippen molar-refractivity contribution in [1.29, 1.82) is 0 Å². The first-order valence-corrected chi connectivity index (χ1v) is 7.84. The van der Waals surface area contributed by atoms with E-state index >= 15 is 0 Å². The van der Waals surface area contributed by atoms with Gasteiger partial charge in [0.2, 0.25) is 0 Å². The van der Waals surface area contributed by atoms with Crippen LogP contribution in [0.5, 0.6) is 0 Å². The number of anilines is 1. The molecule has 9 heteroatoms. The van der Waals surface area contributed by atoms with E-state index in [-0.39, 0.29) is 10.5 Å². The van der Waals surface area contributed by atoms with Crippen molar-refractivity contribution < 1.29 is 21.6 Å². The molecular formula is C14H10F2N2O4S. The van der Waals surface area contributed by atoms with Gasteiger partial charge < -0.3 is 4.42 Å². The zero-order chi connectivity index (χ0) is 16.8. The molecule has 0 saturated heterocycles. The molecule has 2 aromatic carbocycles. The molecule has 0 atom stereocenters. The molecule has 120 valence electrons. The smallest absolute Gasteiger partial charge is 0.408 e. The quantitative estimate of drug-likeness (QED) is 0.793. The molecule has 0 aliphatic heterocycles. The molecule has 0 radical (unpaired) electrons. The highest BCUT2D eigenvalue weighted by Crippen LogP contribution is 2.24. The van der Waals surface area contributed by atoms with Crippen LogP contribution in [0.4, 0.5) is 14.5 Å². The Labute approximate surface area is 129 Å². The summed E-state index contributed by atoms with van der Waals surface area (Å²) in [6, 6.07) is 6.66. The largest absolute Gasteiger partial charge is 0.419 e. The first-order chi connectivity index (χ1) is 10.8. The van der Waals surface area contributed by atoms with E-state index in [1.807, 2.05) is 4.72 Å². The molecule has 1 N–H and O–H groups in total. The molecule has 0 saturated carbocycles. The topological polar surface area (TPSA) is 81.3 Å². The van der Waals surface area contributed by atoms with Crippen LogP contribution in [0.15, 0.2) is 50.5 Å². The number of oxazole rings is 1. The number of nitrogens with one attached hydrogen (secondary N) is 1. The molecule has 0 unspecified atom stereocenters. The molecule has 3 aromatic rings. The number of aromatic nitrogens is 1. The van der Waals surface area contributed by atoms with Crippen molar-refractivity contribution >= 4 is 26.8 Å². The Morgan fingerprint density at radius 1 is 1.13 bits per heavy atom. The number of aryl methyl sites for hydroxylation is 1. The van der Waals surface area contributed by atoms with Gasteiger partial charge in [-0.05, 0) is 24.3 Å². The number of benzene rings is 2. The lowest BCUT2D eigenvalue weighted by Gasteiger charge is -2.09. The fourth-order valence-corrected chi connectivity index (χ4v) is 3.16. The Kier molecular flexibility index (Phi) is 3.44. The van der Waals surface area contributed by atoms with Crippen molar-refractivity contribution in [3.8, 4) is 0 Å². The molecule has 0 aliphatic carbocycles. The van der Waals surface area contributed by atoms with Gasteiger partial charge in [0.25, 0.3) is 10.0 Å². The van der Waals surface area contributed by atoms with Crippen LogP contribution in [0.25, 0.3) is 11.1 Å². The minimum atomic E-state index is -4.25. The van der Waals surface area contributed by atoms with Crippen molar-refractivity contribution in [2.24, 2.45) is 7.05 Å². The van der Waals surface area contributed by atoms with Crippen LogP contribution in [0.3, 0.4) is 0 Å². The standard InChI is InChI=1S/C14H10F2N2O4S/c1-18-11-6-5-8(7-12(11)22-14(18)19)23(20,21)17-13-9(15)3-2-4-10(13)16/h2-7,17H,1H3. The van der Waals surface area contributed by atoms with Gasteiger partial charge in [-0.2, -0.15) is 0 Å². The molecular weight excluding hydrogens is 330 g/mol. The normalized spacial score (nSPS) is 11.8. The molecule has 6 nitrogen and oxygen atoms in total. The minimum absolute atomic E-state index is 0.0504. The fraction of sp³-hybridized carbons (Fsp3) is 0.0714. The van der Waals surface area contributed by atoms with Crippen molar-refractivity contribution in [1.82, 2.24) is 4.57 Å². The molecule has 0 spiro atoms. The first-order valence-electron chi connectivity index (χ1n) is 6.36. The molecule has 0 fully saturated rings. The number of para-hydroxylation sites is 1. The van der Waals surface area contributed by atoms with Crippen LogP contribution < -0.4 is 10.5 Å². The second-order valence-corrected chi connectivity index (χ2v) is 6.44. The number of hydrogen-bond donors (Lipinski definition) is 1. The maximum atomic E-state index is 13.6. The molecule has 0 amide bonds. The fourth-order valence-electron chi connectivity index (χ4n) is 2.07. The lowest BCUT2D eigenvalue weighted by molar-refractivity contribution is 0.527. The second-order valence-electron chi connectivity index (χ2n) is 4.76. The number of rotatable bonds is 3. The predicted octanol–water partition coefficient (Wildman–Crippen LogP) is 2.21. The molecule has 0 aliphatic rings. The summed E-state index contributed by atoms with van der Waals surface area (Å²) in [4.78, 5) is 11.1. The summed E-state index contributed by atoms with van der Waals surface area (Å²) in [6.07, 6.45) is 0. The van der Waals surface area contributed by atoms with Gasteiger partial charge in [-0.1, -0.05) is 6.07 Å². The maximum Gasteiger partial charge on any atom is 0.419 e. The van der Waals surface area contributed by atoms with Gasteiger partial charge in [0, 0.05) is 13.1 Å². The maximum absolute atomic E-state index is 13.6. The number of halogens is 2. The summed E-state index contributed by atoms with van der Waals surface area (Å²) in [5, 5.41) is 0. The lowest BCUT2D eigenvalue weighted by atomic mass is 10.3. The van der Waals surface area contributed by atoms with Gasteiger partial charge in [0.05, 0.1) is 10.4 Å². The van der Waals surface area contributed by atoms with Crippen LogP contribution in [-0.4, -0.2) is 13.0 Å². The van der Waals surface area contributed by atoms with Crippen molar-refractivity contribution in [2.75, 3.05) is 4.72 Å². The highest BCUT2D eigenvalue weighted by molar-refractivity contribution is 7.92. The Morgan fingerprint density at radius 3 is 2.43 bits per heavy atom. The number of hydrogen-bond acceptors (Lipinski definition) is 4. The molecule has 23 heavy (non-hydrogen) atoms. The molecule has 0 bridgehead atoms. The summed E-state index contributed by atoms with van der Waals surface area (Å²) < 4.78 is 59.6. The van der Waals surface area contributed by atoms with E-state index in [0.29, 0.717) is 5.52 Å². The number of nitrogens with zero attached hydrogens (tertiary/aromatic N) is 1. The Bertz CT molecular complexity index is 1050. The monoisotopic (exact) mass is 340 g/mol. The van der Waals surface area contributed by atoms with Crippen LogP contribution in [0.2, 0.25) is 0 Å². The van der Waals surface area contributed by atoms with Crippen molar-refractivity contribution in [3.63, 3.8) is 0 Å². The Morgan fingerprint density at radius 2 is 1.78 bits per heavy atom. The number of fused-ring (bicyclic) bond motifs is 1. The van der Waals surface area contributed by atoms with E-state index in [9.17, 15) is 22.0 Å². The van der Waals surface area contributed by atoms with Crippen LogP contribution >= 0.6 is 0 Å².